The molecule has 0 amide bonds. The van der Waals surface area contributed by atoms with E-state index in [4.69, 9.17) is 0 Å². The SMILES string of the molecule is CC1CC(C)(C)CC(O)(c2ccc3ncccc3c2)C1. The van der Waals surface area contributed by atoms with E-state index in [-0.39, 0.29) is 5.41 Å². The lowest BCUT2D eigenvalue weighted by molar-refractivity contribution is -0.0634. The number of rotatable bonds is 1. The van der Waals surface area contributed by atoms with Crippen LogP contribution in [0.3, 0.4) is 0 Å². The topological polar surface area (TPSA) is 33.1 Å². The molecule has 2 atom stereocenters. The van der Waals surface area contributed by atoms with E-state index in [9.17, 15) is 5.11 Å². The quantitative estimate of drug-likeness (QED) is 0.838. The Balaban J connectivity index is 2.04. The number of aromatic nitrogens is 1. The third kappa shape index (κ3) is 2.45. The number of pyridine rings is 1. The van der Waals surface area contributed by atoms with Gasteiger partial charge in [0, 0.05) is 11.6 Å². The molecule has 1 aliphatic carbocycles. The van der Waals surface area contributed by atoms with Crippen molar-refractivity contribution < 1.29 is 5.11 Å². The molecule has 2 aromatic rings. The summed E-state index contributed by atoms with van der Waals surface area (Å²) >= 11 is 0. The van der Waals surface area contributed by atoms with Crippen LogP contribution >= 0.6 is 0 Å². The minimum atomic E-state index is -0.703. The van der Waals surface area contributed by atoms with Gasteiger partial charge in [0.25, 0.3) is 0 Å². The molecule has 0 aliphatic heterocycles. The van der Waals surface area contributed by atoms with E-state index in [1.54, 1.807) is 0 Å². The van der Waals surface area contributed by atoms with E-state index in [1.807, 2.05) is 24.4 Å². The summed E-state index contributed by atoms with van der Waals surface area (Å²) in [7, 11) is 0. The summed E-state index contributed by atoms with van der Waals surface area (Å²) in [5, 5.41) is 12.3. The fourth-order valence-electron chi connectivity index (χ4n) is 4.11. The second kappa shape index (κ2) is 4.56. The molecule has 1 fully saturated rings. The molecule has 1 heterocycles. The first kappa shape index (κ1) is 13.6. The summed E-state index contributed by atoms with van der Waals surface area (Å²) in [5.41, 5.74) is 1.52. The minimum absolute atomic E-state index is 0.191. The zero-order valence-electron chi connectivity index (χ0n) is 12.6. The van der Waals surface area contributed by atoms with Crippen LogP contribution < -0.4 is 0 Å². The van der Waals surface area contributed by atoms with Crippen LogP contribution in [0.5, 0.6) is 0 Å². The Morgan fingerprint density at radius 2 is 2.00 bits per heavy atom. The average molecular weight is 269 g/mol. The summed E-state index contributed by atoms with van der Waals surface area (Å²) in [6, 6.07) is 10.2. The first-order valence-corrected chi connectivity index (χ1v) is 7.46. The first-order valence-electron chi connectivity index (χ1n) is 7.46. The molecule has 1 N–H and O–H groups in total. The van der Waals surface area contributed by atoms with Crippen LogP contribution in [0.2, 0.25) is 0 Å². The van der Waals surface area contributed by atoms with Crippen LogP contribution in [0.4, 0.5) is 0 Å². The van der Waals surface area contributed by atoms with Crippen molar-refractivity contribution in [2.75, 3.05) is 0 Å². The maximum atomic E-state index is 11.2. The molecule has 3 rings (SSSR count). The van der Waals surface area contributed by atoms with Gasteiger partial charge in [-0.15, -0.1) is 0 Å². The molecular weight excluding hydrogens is 246 g/mol. The van der Waals surface area contributed by atoms with Crippen LogP contribution in [0.25, 0.3) is 10.9 Å². The third-order valence-electron chi connectivity index (χ3n) is 4.50. The highest BCUT2D eigenvalue weighted by Crippen LogP contribution is 2.48. The number of aliphatic hydroxyl groups is 1. The van der Waals surface area contributed by atoms with Crippen molar-refractivity contribution in [2.24, 2.45) is 11.3 Å². The number of fused-ring (bicyclic) bond motifs is 1. The number of hydrogen-bond donors (Lipinski definition) is 1. The van der Waals surface area contributed by atoms with E-state index in [0.29, 0.717) is 5.92 Å². The lowest BCUT2D eigenvalue weighted by Gasteiger charge is -2.45. The molecule has 20 heavy (non-hydrogen) atoms. The number of nitrogens with zero attached hydrogens (tertiary/aromatic N) is 1. The van der Waals surface area contributed by atoms with Gasteiger partial charge in [-0.1, -0.05) is 32.9 Å². The van der Waals surface area contributed by atoms with Gasteiger partial charge in [0.15, 0.2) is 0 Å². The zero-order chi connectivity index (χ0) is 14.4. The zero-order valence-corrected chi connectivity index (χ0v) is 12.6. The third-order valence-corrected chi connectivity index (χ3v) is 4.50. The van der Waals surface area contributed by atoms with Gasteiger partial charge < -0.3 is 5.11 Å². The second-order valence-electron chi connectivity index (χ2n) is 7.30. The van der Waals surface area contributed by atoms with E-state index >= 15 is 0 Å². The molecular formula is C18H23NO. The van der Waals surface area contributed by atoms with Gasteiger partial charge in [0.2, 0.25) is 0 Å². The summed E-state index contributed by atoms with van der Waals surface area (Å²) in [4.78, 5) is 4.35. The highest BCUT2D eigenvalue weighted by molar-refractivity contribution is 5.79. The number of benzene rings is 1. The Morgan fingerprint density at radius 1 is 1.20 bits per heavy atom. The van der Waals surface area contributed by atoms with Gasteiger partial charge in [-0.2, -0.15) is 0 Å². The van der Waals surface area contributed by atoms with Gasteiger partial charge in [-0.25, -0.2) is 0 Å². The van der Waals surface area contributed by atoms with Gasteiger partial charge in [0.05, 0.1) is 11.1 Å². The molecule has 1 aliphatic rings. The Labute approximate surface area is 120 Å². The molecule has 106 valence electrons. The van der Waals surface area contributed by atoms with E-state index in [0.717, 1.165) is 29.3 Å². The smallest absolute Gasteiger partial charge is 0.0904 e. The van der Waals surface area contributed by atoms with Crippen molar-refractivity contribution in [1.29, 1.82) is 0 Å². The predicted octanol–water partition coefficient (Wildman–Crippen LogP) is 4.27. The molecule has 1 aromatic carbocycles. The molecule has 1 saturated carbocycles. The van der Waals surface area contributed by atoms with Crippen LogP contribution in [0, 0.1) is 11.3 Å². The second-order valence-corrected chi connectivity index (χ2v) is 7.30. The van der Waals surface area contributed by atoms with Gasteiger partial charge in [-0.3, -0.25) is 4.98 Å². The molecule has 0 radical (unpaired) electrons. The van der Waals surface area contributed by atoms with Gasteiger partial charge in [0.1, 0.15) is 0 Å². The summed E-state index contributed by atoms with van der Waals surface area (Å²) in [6.45, 7) is 6.76. The summed E-state index contributed by atoms with van der Waals surface area (Å²) in [5.74, 6) is 0.549. The monoisotopic (exact) mass is 269 g/mol. The lowest BCUT2D eigenvalue weighted by atomic mass is 9.64. The molecule has 0 saturated heterocycles. The Morgan fingerprint density at radius 3 is 2.75 bits per heavy atom. The fraction of sp³-hybridized carbons (Fsp3) is 0.500. The normalized spacial score (nSPS) is 29.5. The van der Waals surface area contributed by atoms with Crippen molar-refractivity contribution in [2.45, 2.75) is 45.6 Å². The fourth-order valence-corrected chi connectivity index (χ4v) is 4.11. The van der Waals surface area contributed by atoms with Gasteiger partial charge >= 0.3 is 0 Å². The Kier molecular flexibility index (Phi) is 3.09. The van der Waals surface area contributed by atoms with Crippen molar-refractivity contribution in [3.8, 4) is 0 Å². The predicted molar refractivity (Wildman–Crippen MR) is 82.4 cm³/mol. The highest BCUT2D eigenvalue weighted by atomic mass is 16.3. The van der Waals surface area contributed by atoms with Crippen LogP contribution in [0.15, 0.2) is 36.5 Å². The van der Waals surface area contributed by atoms with E-state index < -0.39 is 5.60 Å². The molecule has 2 unspecified atom stereocenters. The lowest BCUT2D eigenvalue weighted by Crippen LogP contribution is -2.39. The van der Waals surface area contributed by atoms with Crippen molar-refractivity contribution >= 4 is 10.9 Å². The van der Waals surface area contributed by atoms with E-state index in [2.05, 4.69) is 37.9 Å². The standard InChI is InChI=1S/C18H23NO/c1-13-10-17(2,3)12-18(20,11-13)15-6-7-16-14(9-15)5-4-8-19-16/h4-9,13,20H,10-12H2,1-3H3. The van der Waals surface area contributed by atoms with Crippen LogP contribution in [0.1, 0.15) is 45.6 Å². The highest BCUT2D eigenvalue weighted by Gasteiger charge is 2.42. The maximum absolute atomic E-state index is 11.2. The largest absolute Gasteiger partial charge is 0.385 e. The van der Waals surface area contributed by atoms with E-state index in [1.165, 1.54) is 6.42 Å². The van der Waals surface area contributed by atoms with Crippen molar-refractivity contribution in [3.63, 3.8) is 0 Å². The Hall–Kier alpha value is -1.41. The molecule has 0 spiro atoms. The first-order chi connectivity index (χ1) is 9.38. The summed E-state index contributed by atoms with van der Waals surface area (Å²) in [6.07, 6.45) is 4.67. The van der Waals surface area contributed by atoms with Crippen LogP contribution in [-0.2, 0) is 5.60 Å². The molecule has 2 heteroatoms. The number of hydrogen-bond acceptors (Lipinski definition) is 2. The summed E-state index contributed by atoms with van der Waals surface area (Å²) < 4.78 is 0. The average Bonchev–Trinajstić information content (AvgIpc) is 2.35. The van der Waals surface area contributed by atoms with Crippen molar-refractivity contribution in [3.05, 3.63) is 42.1 Å². The van der Waals surface area contributed by atoms with Crippen molar-refractivity contribution in [1.82, 2.24) is 4.98 Å². The Bertz CT molecular complexity index is 634. The maximum Gasteiger partial charge on any atom is 0.0904 e. The molecule has 1 aromatic heterocycles. The molecule has 0 bridgehead atoms. The minimum Gasteiger partial charge on any atom is -0.385 e. The van der Waals surface area contributed by atoms with Crippen LogP contribution in [-0.4, -0.2) is 10.1 Å². The molecule has 2 nitrogen and oxygen atoms in total. The van der Waals surface area contributed by atoms with Gasteiger partial charge in [-0.05, 0) is 54.4 Å².